The molecule has 19 heavy (non-hydrogen) atoms. The molecule has 1 aromatic rings. The summed E-state index contributed by atoms with van der Waals surface area (Å²) in [5.41, 5.74) is 1.82. The number of hydrogen-bond donors (Lipinski definition) is 1. The molecule has 0 bridgehead atoms. The van der Waals surface area contributed by atoms with Crippen molar-refractivity contribution in [2.24, 2.45) is 0 Å². The van der Waals surface area contributed by atoms with Gasteiger partial charge >= 0.3 is 0 Å². The summed E-state index contributed by atoms with van der Waals surface area (Å²) in [5.74, 6) is 0.875. The number of piperidine rings is 1. The summed E-state index contributed by atoms with van der Waals surface area (Å²) in [5, 5.41) is 3.48. The summed E-state index contributed by atoms with van der Waals surface area (Å²) < 4.78 is 5.28. The SMILES string of the molecule is COc1ccc(C)cc1C(=O)CCC1CCCCN1. The number of carbonyl (C=O) groups is 1. The highest BCUT2D eigenvalue weighted by Gasteiger charge is 2.17. The smallest absolute Gasteiger partial charge is 0.166 e. The van der Waals surface area contributed by atoms with Crippen molar-refractivity contribution in [2.45, 2.75) is 45.1 Å². The minimum atomic E-state index is 0.188. The molecule has 1 aromatic carbocycles. The van der Waals surface area contributed by atoms with Gasteiger partial charge < -0.3 is 10.1 Å². The highest BCUT2D eigenvalue weighted by Crippen LogP contribution is 2.22. The van der Waals surface area contributed by atoms with Crippen molar-refractivity contribution >= 4 is 5.78 Å². The third-order valence-corrected chi connectivity index (χ3v) is 3.79. The fraction of sp³-hybridized carbons (Fsp3) is 0.562. The van der Waals surface area contributed by atoms with Crippen LogP contribution in [0.25, 0.3) is 0 Å². The number of methoxy groups -OCH3 is 1. The van der Waals surface area contributed by atoms with Gasteiger partial charge in [0.15, 0.2) is 5.78 Å². The van der Waals surface area contributed by atoms with E-state index >= 15 is 0 Å². The number of ketones is 1. The van der Waals surface area contributed by atoms with Crippen LogP contribution in [-0.2, 0) is 0 Å². The molecule has 1 aliphatic rings. The van der Waals surface area contributed by atoms with E-state index in [0.717, 1.165) is 24.1 Å². The van der Waals surface area contributed by atoms with Gasteiger partial charge in [0.25, 0.3) is 0 Å². The Balaban J connectivity index is 1.97. The summed E-state index contributed by atoms with van der Waals surface area (Å²) in [7, 11) is 1.62. The van der Waals surface area contributed by atoms with E-state index < -0.39 is 0 Å². The minimum Gasteiger partial charge on any atom is -0.496 e. The molecule has 1 fully saturated rings. The van der Waals surface area contributed by atoms with E-state index in [2.05, 4.69) is 5.32 Å². The van der Waals surface area contributed by atoms with Crippen LogP contribution in [0.3, 0.4) is 0 Å². The van der Waals surface area contributed by atoms with Crippen LogP contribution in [0.4, 0.5) is 0 Å². The van der Waals surface area contributed by atoms with E-state index in [9.17, 15) is 4.79 Å². The molecule has 1 atom stereocenters. The summed E-state index contributed by atoms with van der Waals surface area (Å²) >= 11 is 0. The first kappa shape index (κ1) is 14.1. The van der Waals surface area contributed by atoms with Crippen molar-refractivity contribution in [1.29, 1.82) is 0 Å². The molecule has 3 nitrogen and oxygen atoms in total. The Labute approximate surface area is 115 Å². The number of carbonyl (C=O) groups excluding carboxylic acids is 1. The third kappa shape index (κ3) is 3.80. The van der Waals surface area contributed by atoms with Gasteiger partial charge in [0.1, 0.15) is 5.75 Å². The van der Waals surface area contributed by atoms with Crippen molar-refractivity contribution in [2.75, 3.05) is 13.7 Å². The number of rotatable bonds is 5. The van der Waals surface area contributed by atoms with Gasteiger partial charge in [0, 0.05) is 12.5 Å². The van der Waals surface area contributed by atoms with Gasteiger partial charge in [-0.15, -0.1) is 0 Å². The minimum absolute atomic E-state index is 0.188. The zero-order valence-corrected chi connectivity index (χ0v) is 11.9. The quantitative estimate of drug-likeness (QED) is 0.828. The highest BCUT2D eigenvalue weighted by atomic mass is 16.5. The maximum absolute atomic E-state index is 12.3. The van der Waals surface area contributed by atoms with Crippen LogP contribution in [0.2, 0.25) is 0 Å². The average Bonchev–Trinajstić information content (AvgIpc) is 2.46. The second-order valence-corrected chi connectivity index (χ2v) is 5.31. The molecule has 1 saturated heterocycles. The van der Waals surface area contributed by atoms with Crippen molar-refractivity contribution < 1.29 is 9.53 Å². The zero-order valence-electron chi connectivity index (χ0n) is 11.9. The summed E-state index contributed by atoms with van der Waals surface area (Å²) in [6.07, 6.45) is 5.25. The van der Waals surface area contributed by atoms with Gasteiger partial charge in [-0.1, -0.05) is 18.1 Å². The topological polar surface area (TPSA) is 38.3 Å². The van der Waals surface area contributed by atoms with E-state index in [1.165, 1.54) is 19.3 Å². The molecular formula is C16H23NO2. The van der Waals surface area contributed by atoms with Crippen LogP contribution in [0.15, 0.2) is 18.2 Å². The van der Waals surface area contributed by atoms with Gasteiger partial charge in [-0.05, 0) is 44.9 Å². The lowest BCUT2D eigenvalue weighted by molar-refractivity contribution is 0.0971. The fourth-order valence-corrected chi connectivity index (χ4v) is 2.65. The Hall–Kier alpha value is -1.35. The monoisotopic (exact) mass is 261 g/mol. The Morgan fingerprint density at radius 3 is 2.95 bits per heavy atom. The second kappa shape index (κ2) is 6.71. The molecule has 0 amide bonds. The second-order valence-electron chi connectivity index (χ2n) is 5.31. The molecule has 0 aromatic heterocycles. The molecule has 2 rings (SSSR count). The van der Waals surface area contributed by atoms with Crippen molar-refractivity contribution in [3.8, 4) is 5.75 Å². The molecular weight excluding hydrogens is 238 g/mol. The number of ether oxygens (including phenoxy) is 1. The molecule has 0 aliphatic carbocycles. The summed E-state index contributed by atoms with van der Waals surface area (Å²) in [6.45, 7) is 3.09. The first-order valence-corrected chi connectivity index (χ1v) is 7.12. The van der Waals surface area contributed by atoms with Crippen molar-refractivity contribution in [3.63, 3.8) is 0 Å². The molecule has 0 radical (unpaired) electrons. The van der Waals surface area contributed by atoms with Crippen LogP contribution >= 0.6 is 0 Å². The van der Waals surface area contributed by atoms with Crippen LogP contribution in [0.1, 0.15) is 48.0 Å². The largest absolute Gasteiger partial charge is 0.496 e. The number of hydrogen-bond acceptors (Lipinski definition) is 3. The zero-order chi connectivity index (χ0) is 13.7. The lowest BCUT2D eigenvalue weighted by Crippen LogP contribution is -2.34. The van der Waals surface area contributed by atoms with Gasteiger partial charge in [-0.2, -0.15) is 0 Å². The number of benzene rings is 1. The molecule has 0 saturated carbocycles. The van der Waals surface area contributed by atoms with Gasteiger partial charge in [-0.25, -0.2) is 0 Å². The van der Waals surface area contributed by atoms with E-state index in [4.69, 9.17) is 4.74 Å². The Morgan fingerprint density at radius 1 is 1.42 bits per heavy atom. The van der Waals surface area contributed by atoms with Crippen LogP contribution < -0.4 is 10.1 Å². The van der Waals surface area contributed by atoms with Crippen molar-refractivity contribution in [3.05, 3.63) is 29.3 Å². The molecule has 1 N–H and O–H groups in total. The van der Waals surface area contributed by atoms with E-state index in [1.807, 2.05) is 25.1 Å². The maximum atomic E-state index is 12.3. The molecule has 3 heteroatoms. The van der Waals surface area contributed by atoms with Gasteiger partial charge in [0.05, 0.1) is 12.7 Å². The summed E-state index contributed by atoms with van der Waals surface area (Å²) in [6, 6.07) is 6.28. The molecule has 1 heterocycles. The Bertz CT molecular complexity index is 436. The average molecular weight is 261 g/mol. The maximum Gasteiger partial charge on any atom is 0.166 e. The van der Waals surface area contributed by atoms with Crippen LogP contribution in [0.5, 0.6) is 5.75 Å². The van der Waals surface area contributed by atoms with E-state index in [0.29, 0.717) is 18.2 Å². The standard InChI is InChI=1S/C16H23NO2/c1-12-6-9-16(19-2)14(11-12)15(18)8-7-13-5-3-4-10-17-13/h6,9,11,13,17H,3-5,7-8,10H2,1-2H3. The number of nitrogens with one attached hydrogen (secondary N) is 1. The molecule has 1 aliphatic heterocycles. The lowest BCUT2D eigenvalue weighted by atomic mass is 9.96. The van der Waals surface area contributed by atoms with E-state index in [1.54, 1.807) is 7.11 Å². The summed E-state index contributed by atoms with van der Waals surface area (Å²) in [4.78, 5) is 12.3. The first-order chi connectivity index (χ1) is 9.20. The predicted molar refractivity (Wildman–Crippen MR) is 76.9 cm³/mol. The van der Waals surface area contributed by atoms with Gasteiger partial charge in [0.2, 0.25) is 0 Å². The van der Waals surface area contributed by atoms with Crippen molar-refractivity contribution in [1.82, 2.24) is 5.32 Å². The first-order valence-electron chi connectivity index (χ1n) is 7.12. The predicted octanol–water partition coefficient (Wildman–Crippen LogP) is 3.11. The third-order valence-electron chi connectivity index (χ3n) is 3.79. The number of Topliss-reactive ketones (excluding diaryl/α,β-unsaturated/α-hetero) is 1. The van der Waals surface area contributed by atoms with Gasteiger partial charge in [-0.3, -0.25) is 4.79 Å². The fourth-order valence-electron chi connectivity index (χ4n) is 2.65. The Morgan fingerprint density at radius 2 is 2.26 bits per heavy atom. The highest BCUT2D eigenvalue weighted by molar-refractivity contribution is 5.98. The molecule has 0 spiro atoms. The van der Waals surface area contributed by atoms with E-state index in [-0.39, 0.29) is 5.78 Å². The van der Waals surface area contributed by atoms with Crippen LogP contribution in [0, 0.1) is 6.92 Å². The number of aryl methyl sites for hydroxylation is 1. The molecule has 104 valence electrons. The molecule has 1 unspecified atom stereocenters. The lowest BCUT2D eigenvalue weighted by Gasteiger charge is -2.23. The normalized spacial score (nSPS) is 19.2. The van der Waals surface area contributed by atoms with Crippen LogP contribution in [-0.4, -0.2) is 25.5 Å². The Kier molecular flexibility index (Phi) is 4.97.